The minimum atomic E-state index is -0.246. The van der Waals surface area contributed by atoms with Crippen molar-refractivity contribution in [3.8, 4) is 11.5 Å². The average molecular weight is 387 g/mol. The molecule has 0 aromatic heterocycles. The topological polar surface area (TPSA) is 30.5 Å². The highest BCUT2D eigenvalue weighted by Gasteiger charge is 2.03. The van der Waals surface area contributed by atoms with Crippen molar-refractivity contribution in [2.75, 3.05) is 7.11 Å². The molecule has 0 aliphatic rings. The van der Waals surface area contributed by atoms with Gasteiger partial charge >= 0.3 is 0 Å². The van der Waals surface area contributed by atoms with Gasteiger partial charge in [0.05, 0.1) is 7.11 Å². The molecule has 0 radical (unpaired) electrons. The van der Waals surface area contributed by atoms with Crippen molar-refractivity contribution >= 4 is 0 Å². The molecule has 0 aliphatic carbocycles. The number of nitrogens with one attached hydrogen (secondary N) is 1. The first-order valence-corrected chi connectivity index (χ1v) is 8.53. The number of hydrogen-bond acceptors (Lipinski definition) is 3. The Morgan fingerprint density at radius 3 is 2.30 bits per heavy atom. The Hall–Kier alpha value is -2.56. The summed E-state index contributed by atoms with van der Waals surface area (Å²) < 4.78 is 24.5. The summed E-state index contributed by atoms with van der Waals surface area (Å²) >= 11 is 0. The number of benzene rings is 3. The Morgan fingerprint density at radius 1 is 0.815 bits per heavy atom. The van der Waals surface area contributed by atoms with Crippen LogP contribution in [0.3, 0.4) is 0 Å². The van der Waals surface area contributed by atoms with Gasteiger partial charge in [-0.05, 0) is 41.5 Å². The second-order valence-electron chi connectivity index (χ2n) is 5.98. The largest absolute Gasteiger partial charge is 1.00 e. The van der Waals surface area contributed by atoms with Gasteiger partial charge in [-0.3, -0.25) is 0 Å². The quantitative estimate of drug-likeness (QED) is 0.639. The van der Waals surface area contributed by atoms with Gasteiger partial charge in [0.15, 0.2) is 0 Å². The van der Waals surface area contributed by atoms with Crippen LogP contribution in [0, 0.1) is 5.82 Å². The molecule has 0 amide bonds. The van der Waals surface area contributed by atoms with Gasteiger partial charge in [0, 0.05) is 18.7 Å². The molecule has 142 valence electrons. The van der Waals surface area contributed by atoms with Gasteiger partial charge in [-0.2, -0.15) is 0 Å². The zero-order chi connectivity index (χ0) is 18.2. The third-order valence-electron chi connectivity index (χ3n) is 4.07. The highest BCUT2D eigenvalue weighted by atomic mass is 35.5. The fraction of sp³-hybridized carbons (Fsp3) is 0.182. The summed E-state index contributed by atoms with van der Waals surface area (Å²) in [6, 6.07) is 22.5. The van der Waals surface area contributed by atoms with Gasteiger partial charge < -0.3 is 27.2 Å². The zero-order valence-corrected chi connectivity index (χ0v) is 15.9. The van der Waals surface area contributed by atoms with E-state index >= 15 is 0 Å². The molecule has 0 spiro atoms. The molecule has 0 aliphatic heterocycles. The normalized spacial score (nSPS) is 10.1. The maximum absolute atomic E-state index is 13.6. The van der Waals surface area contributed by atoms with E-state index in [9.17, 15) is 4.39 Å². The van der Waals surface area contributed by atoms with Crippen molar-refractivity contribution in [3.63, 3.8) is 0 Å². The molecular formula is C22H22ClFNO2-. The van der Waals surface area contributed by atoms with E-state index < -0.39 is 0 Å². The van der Waals surface area contributed by atoms with E-state index in [-0.39, 0.29) is 24.8 Å². The maximum atomic E-state index is 13.6. The van der Waals surface area contributed by atoms with E-state index in [1.807, 2.05) is 48.5 Å². The van der Waals surface area contributed by atoms with Gasteiger partial charge in [0.2, 0.25) is 0 Å². The second kappa shape index (κ2) is 10.6. The molecule has 0 bridgehead atoms. The van der Waals surface area contributed by atoms with Crippen LogP contribution in [-0.2, 0) is 19.7 Å². The van der Waals surface area contributed by atoms with Crippen molar-refractivity contribution in [3.05, 3.63) is 95.3 Å². The predicted molar refractivity (Wildman–Crippen MR) is 101 cm³/mol. The Labute approximate surface area is 165 Å². The molecule has 3 aromatic carbocycles. The van der Waals surface area contributed by atoms with Crippen LogP contribution in [0.1, 0.15) is 16.7 Å². The van der Waals surface area contributed by atoms with E-state index in [2.05, 4.69) is 5.32 Å². The molecule has 3 aromatic rings. The van der Waals surface area contributed by atoms with Gasteiger partial charge in [-0.25, -0.2) is 4.39 Å². The lowest BCUT2D eigenvalue weighted by molar-refractivity contribution is -0.00000661. The molecule has 27 heavy (non-hydrogen) atoms. The zero-order valence-electron chi connectivity index (χ0n) is 15.1. The molecule has 3 rings (SSSR count). The van der Waals surface area contributed by atoms with Gasteiger partial charge in [-0.15, -0.1) is 0 Å². The van der Waals surface area contributed by atoms with E-state index in [4.69, 9.17) is 9.47 Å². The van der Waals surface area contributed by atoms with Crippen LogP contribution < -0.4 is 27.2 Å². The molecule has 0 atom stereocenters. The molecule has 3 nitrogen and oxygen atoms in total. The number of rotatable bonds is 8. The number of halogens is 2. The number of methoxy groups -OCH3 is 1. The van der Waals surface area contributed by atoms with Crippen molar-refractivity contribution in [2.24, 2.45) is 0 Å². The molecule has 0 saturated heterocycles. The van der Waals surface area contributed by atoms with Crippen molar-refractivity contribution in [1.29, 1.82) is 0 Å². The lowest BCUT2D eigenvalue weighted by atomic mass is 10.2. The first-order chi connectivity index (χ1) is 12.7. The fourth-order valence-electron chi connectivity index (χ4n) is 2.62. The summed E-state index contributed by atoms with van der Waals surface area (Å²) in [5, 5.41) is 3.41. The van der Waals surface area contributed by atoms with E-state index in [1.165, 1.54) is 11.6 Å². The summed E-state index contributed by atoms with van der Waals surface area (Å²) in [5.41, 5.74) is 2.86. The maximum Gasteiger partial charge on any atom is 0.129 e. The third kappa shape index (κ3) is 6.27. The molecule has 0 fully saturated rings. The first-order valence-electron chi connectivity index (χ1n) is 8.53. The average Bonchev–Trinajstić information content (AvgIpc) is 2.68. The third-order valence-corrected chi connectivity index (χ3v) is 4.07. The summed E-state index contributed by atoms with van der Waals surface area (Å²) in [7, 11) is 1.66. The van der Waals surface area contributed by atoms with Crippen LogP contribution >= 0.6 is 0 Å². The van der Waals surface area contributed by atoms with E-state index in [0.717, 1.165) is 30.2 Å². The highest BCUT2D eigenvalue weighted by Crippen LogP contribution is 2.17. The monoisotopic (exact) mass is 386 g/mol. The Balaban J connectivity index is 0.00000261. The molecule has 0 heterocycles. The van der Waals surface area contributed by atoms with Gasteiger partial charge in [-0.1, -0.05) is 42.5 Å². The van der Waals surface area contributed by atoms with Crippen molar-refractivity contribution in [1.82, 2.24) is 5.32 Å². The van der Waals surface area contributed by atoms with Gasteiger partial charge in [0.1, 0.15) is 23.9 Å². The minimum Gasteiger partial charge on any atom is -1.00 e. The first kappa shape index (κ1) is 20.7. The standard InChI is InChI=1S/C22H22FNO2.ClH/c1-25-20-11-9-17(10-12-20)14-24-15-18-5-4-7-21(13-18)26-16-19-6-2-3-8-22(19)23;/h2-13,24H,14-16H2,1H3;1H/p-1. The van der Waals surface area contributed by atoms with Crippen LogP contribution in [0.5, 0.6) is 11.5 Å². The van der Waals surface area contributed by atoms with E-state index in [1.54, 1.807) is 25.3 Å². The lowest BCUT2D eigenvalue weighted by Crippen LogP contribution is -3.00. The minimum absolute atomic E-state index is 0. The van der Waals surface area contributed by atoms with Crippen LogP contribution in [-0.4, -0.2) is 7.11 Å². The predicted octanol–water partition coefficient (Wildman–Crippen LogP) is 1.71. The summed E-state index contributed by atoms with van der Waals surface area (Å²) in [4.78, 5) is 0. The summed E-state index contributed by atoms with van der Waals surface area (Å²) in [6.07, 6.45) is 0. The Bertz CT molecular complexity index is 840. The lowest BCUT2D eigenvalue weighted by Gasteiger charge is -2.10. The number of hydrogen-bond donors (Lipinski definition) is 1. The van der Waals surface area contributed by atoms with Gasteiger partial charge in [0.25, 0.3) is 0 Å². The molecule has 1 N–H and O–H groups in total. The molecule has 5 heteroatoms. The van der Waals surface area contributed by atoms with Crippen molar-refractivity contribution in [2.45, 2.75) is 19.7 Å². The smallest absolute Gasteiger partial charge is 0.129 e. The Kier molecular flexibility index (Phi) is 8.11. The molecule has 0 saturated carbocycles. The number of ether oxygens (including phenoxy) is 2. The summed E-state index contributed by atoms with van der Waals surface area (Å²) in [5.74, 6) is 1.34. The van der Waals surface area contributed by atoms with Crippen molar-refractivity contribution < 1.29 is 26.3 Å². The fourth-order valence-corrected chi connectivity index (χ4v) is 2.62. The van der Waals surface area contributed by atoms with Crippen LogP contribution in [0.2, 0.25) is 0 Å². The van der Waals surface area contributed by atoms with Crippen LogP contribution in [0.25, 0.3) is 0 Å². The summed E-state index contributed by atoms with van der Waals surface area (Å²) in [6.45, 7) is 1.71. The molecular weight excluding hydrogens is 365 g/mol. The van der Waals surface area contributed by atoms with E-state index in [0.29, 0.717) is 5.56 Å². The Morgan fingerprint density at radius 2 is 1.56 bits per heavy atom. The highest BCUT2D eigenvalue weighted by molar-refractivity contribution is 5.30. The van der Waals surface area contributed by atoms with Crippen LogP contribution in [0.4, 0.5) is 4.39 Å². The SMILES string of the molecule is COc1ccc(CNCc2cccc(OCc3ccccc3F)c2)cc1.[Cl-]. The van der Waals surface area contributed by atoms with Crippen LogP contribution in [0.15, 0.2) is 72.8 Å². The second-order valence-corrected chi connectivity index (χ2v) is 5.98. The molecule has 0 unspecified atom stereocenters.